The summed E-state index contributed by atoms with van der Waals surface area (Å²) in [5, 5.41) is 10.7. The van der Waals surface area contributed by atoms with Crippen LogP contribution in [-0.4, -0.2) is 17.6 Å². The maximum absolute atomic E-state index is 12.8. The number of benzene rings is 2. The van der Waals surface area contributed by atoms with Crippen molar-refractivity contribution in [2.45, 2.75) is 12.8 Å². The van der Waals surface area contributed by atoms with Crippen molar-refractivity contribution in [3.63, 3.8) is 0 Å². The molecule has 0 saturated carbocycles. The molecule has 0 unspecified atom stereocenters. The molecule has 0 fully saturated rings. The van der Waals surface area contributed by atoms with Gasteiger partial charge in [0.15, 0.2) is 0 Å². The van der Waals surface area contributed by atoms with Crippen molar-refractivity contribution in [1.29, 1.82) is 0 Å². The molecule has 21 heavy (non-hydrogen) atoms. The van der Waals surface area contributed by atoms with Crippen molar-refractivity contribution in [3.05, 3.63) is 56.1 Å². The normalized spacial score (nSPS) is 13.9. The van der Waals surface area contributed by atoms with Gasteiger partial charge in [-0.1, -0.05) is 23.7 Å². The minimum Gasteiger partial charge on any atom is -0.506 e. The van der Waals surface area contributed by atoms with E-state index in [1.165, 1.54) is 0 Å². The standard InChI is InChI=1S/C16H13ClINO2/c17-11-6-7-13(18)12(9-11)16(21)19-8-2-4-10-3-1-5-14(20)15(10)19/h1,3,5-7,9,20H,2,4,8H2. The minimum atomic E-state index is -0.121. The highest BCUT2D eigenvalue weighted by molar-refractivity contribution is 14.1. The molecule has 2 aromatic rings. The summed E-state index contributed by atoms with van der Waals surface area (Å²) in [7, 11) is 0. The van der Waals surface area contributed by atoms with E-state index >= 15 is 0 Å². The van der Waals surface area contributed by atoms with Crippen LogP contribution in [-0.2, 0) is 6.42 Å². The van der Waals surface area contributed by atoms with Crippen molar-refractivity contribution >= 4 is 45.8 Å². The summed E-state index contributed by atoms with van der Waals surface area (Å²) in [6.45, 7) is 0.603. The monoisotopic (exact) mass is 413 g/mol. The average Bonchev–Trinajstić information content (AvgIpc) is 2.49. The number of aryl methyl sites for hydroxylation is 1. The quantitative estimate of drug-likeness (QED) is 0.710. The zero-order valence-electron chi connectivity index (χ0n) is 11.1. The highest BCUT2D eigenvalue weighted by Crippen LogP contribution is 2.36. The molecule has 1 N–H and O–H groups in total. The summed E-state index contributed by atoms with van der Waals surface area (Å²) in [5.74, 6) is 0.0296. The van der Waals surface area contributed by atoms with Crippen LogP contribution in [0.2, 0.25) is 5.02 Å². The largest absolute Gasteiger partial charge is 0.506 e. The van der Waals surface area contributed by atoms with E-state index in [0.717, 1.165) is 22.0 Å². The first-order valence-corrected chi connectivity index (χ1v) is 8.11. The lowest BCUT2D eigenvalue weighted by Gasteiger charge is -2.30. The molecule has 0 atom stereocenters. The summed E-state index contributed by atoms with van der Waals surface area (Å²) < 4.78 is 0.851. The van der Waals surface area contributed by atoms with Crippen LogP contribution in [0, 0.1) is 3.57 Å². The molecular weight excluding hydrogens is 401 g/mol. The molecule has 1 aliphatic rings. The van der Waals surface area contributed by atoms with Gasteiger partial charge in [0.1, 0.15) is 5.75 Å². The third-order valence-corrected chi connectivity index (χ3v) is 4.78. The fraction of sp³-hybridized carbons (Fsp3) is 0.188. The Balaban J connectivity index is 2.06. The van der Waals surface area contributed by atoms with Crippen LogP contribution in [0.3, 0.4) is 0 Å². The predicted octanol–water partition coefficient (Wildman–Crippen LogP) is 4.24. The molecule has 1 heterocycles. The molecule has 3 nitrogen and oxygen atoms in total. The molecule has 5 heteroatoms. The SMILES string of the molecule is O=C(c1cc(Cl)ccc1I)N1CCCc2cccc(O)c21. The number of nitrogens with zero attached hydrogens (tertiary/aromatic N) is 1. The minimum absolute atomic E-state index is 0.121. The van der Waals surface area contributed by atoms with Gasteiger partial charge in [-0.3, -0.25) is 4.79 Å². The number of carbonyl (C=O) groups excluding carboxylic acids is 1. The van der Waals surface area contributed by atoms with Gasteiger partial charge in [0.25, 0.3) is 5.91 Å². The van der Waals surface area contributed by atoms with E-state index in [-0.39, 0.29) is 11.7 Å². The lowest BCUT2D eigenvalue weighted by molar-refractivity contribution is 0.0983. The van der Waals surface area contributed by atoms with E-state index < -0.39 is 0 Å². The zero-order chi connectivity index (χ0) is 15.0. The lowest BCUT2D eigenvalue weighted by atomic mass is 10.00. The topological polar surface area (TPSA) is 40.5 Å². The molecule has 0 bridgehead atoms. The zero-order valence-corrected chi connectivity index (χ0v) is 14.1. The number of amides is 1. The number of carbonyl (C=O) groups is 1. The van der Waals surface area contributed by atoms with Crippen LogP contribution in [0.15, 0.2) is 36.4 Å². The number of aromatic hydroxyl groups is 1. The third kappa shape index (κ3) is 2.74. The molecule has 108 valence electrons. The highest BCUT2D eigenvalue weighted by Gasteiger charge is 2.27. The van der Waals surface area contributed by atoms with E-state index in [9.17, 15) is 9.90 Å². The van der Waals surface area contributed by atoms with Crippen molar-refractivity contribution in [3.8, 4) is 5.75 Å². The van der Waals surface area contributed by atoms with Crippen LogP contribution in [0.25, 0.3) is 0 Å². The number of hydrogen-bond donors (Lipinski definition) is 1. The smallest absolute Gasteiger partial charge is 0.259 e. The van der Waals surface area contributed by atoms with E-state index in [1.807, 2.05) is 18.2 Å². The highest BCUT2D eigenvalue weighted by atomic mass is 127. The first-order valence-electron chi connectivity index (χ1n) is 6.65. The van der Waals surface area contributed by atoms with Gasteiger partial charge >= 0.3 is 0 Å². The average molecular weight is 414 g/mol. The Labute approximate surface area is 141 Å². The Morgan fingerprint density at radius 3 is 2.90 bits per heavy atom. The Kier molecular flexibility index (Phi) is 4.08. The second kappa shape index (κ2) is 5.85. The number of hydrogen-bond acceptors (Lipinski definition) is 2. The molecule has 3 rings (SSSR count). The Morgan fingerprint density at radius 2 is 2.10 bits per heavy atom. The molecule has 2 aromatic carbocycles. The molecule has 0 radical (unpaired) electrons. The molecule has 1 amide bonds. The van der Waals surface area contributed by atoms with Crippen LogP contribution >= 0.6 is 34.2 Å². The maximum atomic E-state index is 12.8. The molecule has 0 aliphatic carbocycles. The second-order valence-corrected chi connectivity index (χ2v) is 6.57. The van der Waals surface area contributed by atoms with Gasteiger partial charge in [0.2, 0.25) is 0 Å². The first kappa shape index (κ1) is 14.7. The number of para-hydroxylation sites is 1. The fourth-order valence-electron chi connectivity index (χ4n) is 2.64. The van der Waals surface area contributed by atoms with Gasteiger partial charge in [0, 0.05) is 15.1 Å². The summed E-state index contributed by atoms with van der Waals surface area (Å²) in [6, 6.07) is 10.7. The van der Waals surface area contributed by atoms with E-state index in [0.29, 0.717) is 22.8 Å². The van der Waals surface area contributed by atoms with E-state index in [1.54, 1.807) is 23.1 Å². The van der Waals surface area contributed by atoms with Gasteiger partial charge in [0.05, 0.1) is 11.3 Å². The van der Waals surface area contributed by atoms with Gasteiger partial charge in [-0.2, -0.15) is 0 Å². The summed E-state index contributed by atoms with van der Waals surface area (Å²) in [4.78, 5) is 14.5. The van der Waals surface area contributed by atoms with Gasteiger partial charge < -0.3 is 10.0 Å². The van der Waals surface area contributed by atoms with Crippen LogP contribution in [0.5, 0.6) is 5.75 Å². The second-order valence-electron chi connectivity index (χ2n) is 4.97. The van der Waals surface area contributed by atoms with Gasteiger partial charge in [-0.25, -0.2) is 0 Å². The maximum Gasteiger partial charge on any atom is 0.259 e. The Morgan fingerprint density at radius 1 is 1.29 bits per heavy atom. The van der Waals surface area contributed by atoms with Crippen LogP contribution in [0.4, 0.5) is 5.69 Å². The number of rotatable bonds is 1. The fourth-order valence-corrected chi connectivity index (χ4v) is 3.38. The van der Waals surface area contributed by atoms with Gasteiger partial charge in [-0.05, 0) is 65.3 Å². The van der Waals surface area contributed by atoms with E-state index in [2.05, 4.69) is 22.6 Å². The van der Waals surface area contributed by atoms with Crippen molar-refractivity contribution < 1.29 is 9.90 Å². The molecular formula is C16H13ClINO2. The summed E-state index contributed by atoms with van der Waals surface area (Å²) in [5.41, 5.74) is 2.20. The molecule has 0 aromatic heterocycles. The van der Waals surface area contributed by atoms with Crippen molar-refractivity contribution in [1.82, 2.24) is 0 Å². The van der Waals surface area contributed by atoms with Crippen LogP contribution < -0.4 is 4.90 Å². The number of anilines is 1. The molecule has 1 aliphatic heterocycles. The first-order chi connectivity index (χ1) is 10.1. The van der Waals surface area contributed by atoms with Crippen molar-refractivity contribution in [2.75, 3.05) is 11.4 Å². The van der Waals surface area contributed by atoms with Gasteiger partial charge in [-0.15, -0.1) is 0 Å². The number of phenols is 1. The molecule has 0 spiro atoms. The summed E-state index contributed by atoms with van der Waals surface area (Å²) >= 11 is 8.14. The van der Waals surface area contributed by atoms with Crippen LogP contribution in [0.1, 0.15) is 22.3 Å². The third-order valence-electron chi connectivity index (χ3n) is 3.60. The Bertz CT molecular complexity index is 717. The van der Waals surface area contributed by atoms with Crippen molar-refractivity contribution in [2.24, 2.45) is 0 Å². The summed E-state index contributed by atoms with van der Waals surface area (Å²) in [6.07, 6.45) is 1.76. The number of fused-ring (bicyclic) bond motifs is 1. The molecule has 0 saturated heterocycles. The predicted molar refractivity (Wildman–Crippen MR) is 92.3 cm³/mol. The van der Waals surface area contributed by atoms with E-state index in [4.69, 9.17) is 11.6 Å². The number of halogens is 2. The number of phenolic OH excluding ortho intramolecular Hbond substituents is 1. The Hall–Kier alpha value is -1.27. The lowest BCUT2D eigenvalue weighted by Crippen LogP contribution is -2.36.